The molecule has 0 spiro atoms. The Hall–Kier alpha value is -1.14. The van der Waals surface area contributed by atoms with Gasteiger partial charge < -0.3 is 16.8 Å². The number of carbonyl (C=O) groups is 2. The smallest absolute Gasteiger partial charge is 0.231 e. The molecule has 92 valence electrons. The quantitative estimate of drug-likeness (QED) is 0.527. The largest absolute Gasteiger partial charge is 0.369 e. The molecule has 2 unspecified atom stereocenters. The number of carbonyl (C=O) groups excluding carboxylic acids is 2. The van der Waals surface area contributed by atoms with Crippen LogP contribution in [0.25, 0.3) is 0 Å². The van der Waals surface area contributed by atoms with Crippen molar-refractivity contribution in [1.29, 1.82) is 0 Å². The van der Waals surface area contributed by atoms with Crippen LogP contribution in [0.2, 0.25) is 0 Å². The molecule has 0 radical (unpaired) electrons. The zero-order valence-electron chi connectivity index (χ0n) is 9.61. The lowest BCUT2D eigenvalue weighted by molar-refractivity contribution is -0.123. The maximum absolute atomic E-state index is 10.9. The standard InChI is InChI=1S/C10H20N4O2/c1-7-2-3-8(4-13-7)14(5-9(11)15)6-10(12)16/h7-8,13H,2-6H2,1H3,(H2,11,15)(H2,12,16). The fraction of sp³-hybridized carbons (Fsp3) is 0.800. The third kappa shape index (κ3) is 4.16. The Kier molecular flexibility index (Phi) is 4.70. The van der Waals surface area contributed by atoms with E-state index >= 15 is 0 Å². The van der Waals surface area contributed by atoms with Gasteiger partial charge in [-0.1, -0.05) is 0 Å². The first-order valence-corrected chi connectivity index (χ1v) is 5.53. The van der Waals surface area contributed by atoms with Crippen molar-refractivity contribution in [3.63, 3.8) is 0 Å². The lowest BCUT2D eigenvalue weighted by Crippen LogP contribution is -2.53. The van der Waals surface area contributed by atoms with Crippen LogP contribution in [0.3, 0.4) is 0 Å². The summed E-state index contributed by atoms with van der Waals surface area (Å²) in [7, 11) is 0. The van der Waals surface area contributed by atoms with E-state index in [-0.39, 0.29) is 19.1 Å². The zero-order chi connectivity index (χ0) is 12.1. The first-order chi connectivity index (χ1) is 7.49. The van der Waals surface area contributed by atoms with Gasteiger partial charge in [0.1, 0.15) is 0 Å². The van der Waals surface area contributed by atoms with Gasteiger partial charge in [-0.05, 0) is 19.8 Å². The molecular formula is C10H20N4O2. The number of amides is 2. The molecule has 1 heterocycles. The number of hydrogen-bond acceptors (Lipinski definition) is 4. The molecule has 6 heteroatoms. The van der Waals surface area contributed by atoms with Gasteiger partial charge in [-0.3, -0.25) is 14.5 Å². The molecule has 2 amide bonds. The van der Waals surface area contributed by atoms with Crippen LogP contribution in [0.4, 0.5) is 0 Å². The van der Waals surface area contributed by atoms with Crippen molar-refractivity contribution in [3.05, 3.63) is 0 Å². The molecule has 1 fully saturated rings. The molecule has 2 atom stereocenters. The molecule has 1 rings (SSSR count). The average Bonchev–Trinajstić information content (AvgIpc) is 2.16. The predicted molar refractivity (Wildman–Crippen MR) is 60.4 cm³/mol. The number of rotatable bonds is 5. The molecule has 5 N–H and O–H groups in total. The number of hydrogen-bond donors (Lipinski definition) is 3. The van der Waals surface area contributed by atoms with Crippen LogP contribution < -0.4 is 16.8 Å². The van der Waals surface area contributed by atoms with Gasteiger partial charge in [-0.15, -0.1) is 0 Å². The maximum atomic E-state index is 10.9. The summed E-state index contributed by atoms with van der Waals surface area (Å²) >= 11 is 0. The highest BCUT2D eigenvalue weighted by molar-refractivity contribution is 5.79. The highest BCUT2D eigenvalue weighted by Gasteiger charge is 2.25. The molecule has 1 aliphatic rings. The molecule has 6 nitrogen and oxygen atoms in total. The first kappa shape index (κ1) is 12.9. The molecule has 0 bridgehead atoms. The Morgan fingerprint density at radius 3 is 2.19 bits per heavy atom. The summed E-state index contributed by atoms with van der Waals surface area (Å²) in [5, 5.41) is 3.31. The second-order valence-electron chi connectivity index (χ2n) is 4.38. The van der Waals surface area contributed by atoms with Crippen molar-refractivity contribution in [1.82, 2.24) is 10.2 Å². The fourth-order valence-corrected chi connectivity index (χ4v) is 2.01. The lowest BCUT2D eigenvalue weighted by Gasteiger charge is -2.35. The average molecular weight is 228 g/mol. The molecule has 1 saturated heterocycles. The summed E-state index contributed by atoms with van der Waals surface area (Å²) in [5.74, 6) is -0.861. The van der Waals surface area contributed by atoms with Crippen molar-refractivity contribution in [2.45, 2.75) is 31.8 Å². The highest BCUT2D eigenvalue weighted by atomic mass is 16.2. The third-order valence-electron chi connectivity index (χ3n) is 2.87. The van der Waals surface area contributed by atoms with E-state index in [2.05, 4.69) is 12.2 Å². The van der Waals surface area contributed by atoms with E-state index in [4.69, 9.17) is 11.5 Å². The SMILES string of the molecule is CC1CCC(N(CC(N)=O)CC(N)=O)CN1. The molecule has 1 aliphatic heterocycles. The zero-order valence-corrected chi connectivity index (χ0v) is 9.61. The summed E-state index contributed by atoms with van der Waals surface area (Å²) < 4.78 is 0. The van der Waals surface area contributed by atoms with Crippen molar-refractivity contribution in [3.8, 4) is 0 Å². The van der Waals surface area contributed by atoms with Crippen molar-refractivity contribution < 1.29 is 9.59 Å². The van der Waals surface area contributed by atoms with Crippen LogP contribution in [0.1, 0.15) is 19.8 Å². The van der Waals surface area contributed by atoms with E-state index in [1.165, 1.54) is 0 Å². The minimum absolute atomic E-state index is 0.0870. The van der Waals surface area contributed by atoms with E-state index in [1.54, 1.807) is 4.90 Å². The van der Waals surface area contributed by atoms with Crippen LogP contribution in [-0.2, 0) is 9.59 Å². The number of nitrogens with two attached hydrogens (primary N) is 2. The van der Waals surface area contributed by atoms with Crippen molar-refractivity contribution >= 4 is 11.8 Å². The molecule has 16 heavy (non-hydrogen) atoms. The molecule has 0 aliphatic carbocycles. The van der Waals surface area contributed by atoms with E-state index in [1.807, 2.05) is 0 Å². The summed E-state index contributed by atoms with van der Waals surface area (Å²) in [6.45, 7) is 3.05. The summed E-state index contributed by atoms with van der Waals surface area (Å²) in [5.41, 5.74) is 10.3. The van der Waals surface area contributed by atoms with E-state index < -0.39 is 11.8 Å². The third-order valence-corrected chi connectivity index (χ3v) is 2.87. The number of nitrogens with zero attached hydrogens (tertiary/aromatic N) is 1. The van der Waals surface area contributed by atoms with Gasteiger partial charge in [0, 0.05) is 18.6 Å². The molecular weight excluding hydrogens is 208 g/mol. The Morgan fingerprint density at radius 2 is 1.81 bits per heavy atom. The van der Waals surface area contributed by atoms with Crippen LogP contribution in [0.15, 0.2) is 0 Å². The lowest BCUT2D eigenvalue weighted by atomic mass is 10.0. The molecule has 0 saturated carbocycles. The predicted octanol–water partition coefficient (Wildman–Crippen LogP) is -1.60. The van der Waals surface area contributed by atoms with Gasteiger partial charge in [0.05, 0.1) is 13.1 Å². The first-order valence-electron chi connectivity index (χ1n) is 5.53. The minimum atomic E-state index is -0.431. The normalized spacial score (nSPS) is 25.6. The van der Waals surface area contributed by atoms with Crippen LogP contribution >= 0.6 is 0 Å². The van der Waals surface area contributed by atoms with Gasteiger partial charge >= 0.3 is 0 Å². The summed E-state index contributed by atoms with van der Waals surface area (Å²) in [6.07, 6.45) is 1.98. The molecule has 0 aromatic heterocycles. The van der Waals surface area contributed by atoms with Crippen LogP contribution in [0.5, 0.6) is 0 Å². The topological polar surface area (TPSA) is 101 Å². The Morgan fingerprint density at radius 1 is 1.25 bits per heavy atom. The van der Waals surface area contributed by atoms with Gasteiger partial charge in [-0.2, -0.15) is 0 Å². The highest BCUT2D eigenvalue weighted by Crippen LogP contribution is 2.13. The maximum Gasteiger partial charge on any atom is 0.231 e. The van der Waals surface area contributed by atoms with Gasteiger partial charge in [0.25, 0.3) is 0 Å². The Balaban J connectivity index is 2.53. The Bertz CT molecular complexity index is 246. The van der Waals surface area contributed by atoms with Gasteiger partial charge in [0.2, 0.25) is 11.8 Å². The molecule has 0 aromatic carbocycles. The number of primary amides is 2. The van der Waals surface area contributed by atoms with Crippen molar-refractivity contribution in [2.24, 2.45) is 11.5 Å². The van der Waals surface area contributed by atoms with E-state index in [9.17, 15) is 9.59 Å². The van der Waals surface area contributed by atoms with Gasteiger partial charge in [0.15, 0.2) is 0 Å². The number of nitrogens with one attached hydrogen (secondary N) is 1. The van der Waals surface area contributed by atoms with E-state index in [0.717, 1.165) is 19.4 Å². The summed E-state index contributed by atoms with van der Waals surface area (Å²) in [4.78, 5) is 23.6. The molecule has 0 aromatic rings. The monoisotopic (exact) mass is 228 g/mol. The fourth-order valence-electron chi connectivity index (χ4n) is 2.01. The van der Waals surface area contributed by atoms with Gasteiger partial charge in [-0.25, -0.2) is 0 Å². The second kappa shape index (κ2) is 5.81. The van der Waals surface area contributed by atoms with Crippen LogP contribution in [-0.4, -0.2) is 48.4 Å². The van der Waals surface area contributed by atoms with Crippen molar-refractivity contribution in [2.75, 3.05) is 19.6 Å². The summed E-state index contributed by atoms with van der Waals surface area (Å²) in [6, 6.07) is 0.649. The second-order valence-corrected chi connectivity index (χ2v) is 4.38. The van der Waals surface area contributed by atoms with E-state index in [0.29, 0.717) is 6.04 Å². The minimum Gasteiger partial charge on any atom is -0.369 e. The van der Waals surface area contributed by atoms with Crippen LogP contribution in [0, 0.1) is 0 Å². The Labute approximate surface area is 95.3 Å². The number of piperidine rings is 1.